The van der Waals surface area contributed by atoms with Crippen LogP contribution in [-0.2, 0) is 0 Å². The number of ether oxygens (including phenoxy) is 2. The van der Waals surface area contributed by atoms with Crippen molar-refractivity contribution in [3.8, 4) is 11.5 Å². The van der Waals surface area contributed by atoms with Gasteiger partial charge in [0.1, 0.15) is 5.58 Å². The van der Waals surface area contributed by atoms with Crippen LogP contribution >= 0.6 is 22.9 Å². The molecule has 0 saturated heterocycles. The van der Waals surface area contributed by atoms with Gasteiger partial charge in [0.2, 0.25) is 5.76 Å². The molecule has 0 N–H and O–H groups in total. The third-order valence-electron chi connectivity index (χ3n) is 5.37. The summed E-state index contributed by atoms with van der Waals surface area (Å²) in [6.07, 6.45) is 0. The molecule has 0 aliphatic carbocycles. The molecule has 7 nitrogen and oxygen atoms in total. The highest BCUT2D eigenvalue weighted by Gasteiger charge is 2.45. The Hall–Kier alpha value is -3.36. The van der Waals surface area contributed by atoms with Gasteiger partial charge in [-0.15, -0.1) is 11.3 Å². The molecule has 0 fully saturated rings. The van der Waals surface area contributed by atoms with Crippen LogP contribution in [0.25, 0.3) is 11.0 Å². The molecule has 1 aliphatic heterocycles. The third kappa shape index (κ3) is 3.06. The van der Waals surface area contributed by atoms with E-state index in [4.69, 9.17) is 25.5 Å². The van der Waals surface area contributed by atoms with Gasteiger partial charge in [0, 0.05) is 10.4 Å². The minimum Gasteiger partial charge on any atom is -0.493 e. The number of hydrogen-bond donors (Lipinski definition) is 0. The van der Waals surface area contributed by atoms with Gasteiger partial charge in [-0.3, -0.25) is 14.5 Å². The van der Waals surface area contributed by atoms with E-state index >= 15 is 0 Å². The van der Waals surface area contributed by atoms with E-state index in [1.54, 1.807) is 43.5 Å². The number of fused-ring (bicyclic) bond motifs is 2. The van der Waals surface area contributed by atoms with Gasteiger partial charge in [-0.05, 0) is 42.8 Å². The molecule has 2 aromatic heterocycles. The van der Waals surface area contributed by atoms with Crippen LogP contribution in [-0.4, -0.2) is 25.1 Å². The molecule has 32 heavy (non-hydrogen) atoms. The van der Waals surface area contributed by atoms with E-state index in [0.717, 1.165) is 5.69 Å². The number of thiazole rings is 1. The van der Waals surface area contributed by atoms with Crippen molar-refractivity contribution in [3.05, 3.63) is 79.6 Å². The number of amides is 1. The molecule has 0 saturated carbocycles. The highest BCUT2D eigenvalue weighted by molar-refractivity contribution is 7.14. The lowest BCUT2D eigenvalue weighted by molar-refractivity contribution is 0.0971. The minimum atomic E-state index is -0.748. The molecular weight excluding hydrogens is 452 g/mol. The third-order valence-corrected chi connectivity index (χ3v) is 6.56. The molecule has 3 heterocycles. The van der Waals surface area contributed by atoms with Crippen molar-refractivity contribution < 1.29 is 18.7 Å². The van der Waals surface area contributed by atoms with Crippen LogP contribution in [0.1, 0.15) is 33.4 Å². The highest BCUT2D eigenvalue weighted by Crippen LogP contribution is 2.44. The number of nitrogens with zero attached hydrogens (tertiary/aromatic N) is 2. The first-order valence-electron chi connectivity index (χ1n) is 9.66. The molecule has 0 spiro atoms. The van der Waals surface area contributed by atoms with E-state index in [0.29, 0.717) is 38.2 Å². The predicted octanol–water partition coefficient (Wildman–Crippen LogP) is 4.98. The maximum atomic E-state index is 13.6. The van der Waals surface area contributed by atoms with Crippen molar-refractivity contribution in [3.63, 3.8) is 0 Å². The van der Waals surface area contributed by atoms with Gasteiger partial charge in [-0.1, -0.05) is 17.7 Å². The van der Waals surface area contributed by atoms with E-state index in [9.17, 15) is 9.59 Å². The van der Waals surface area contributed by atoms with Crippen LogP contribution < -0.4 is 19.8 Å². The molecule has 0 unspecified atom stereocenters. The largest absolute Gasteiger partial charge is 0.493 e. The first-order chi connectivity index (χ1) is 15.4. The van der Waals surface area contributed by atoms with Crippen molar-refractivity contribution >= 4 is 44.9 Å². The van der Waals surface area contributed by atoms with Crippen LogP contribution in [0.5, 0.6) is 11.5 Å². The summed E-state index contributed by atoms with van der Waals surface area (Å²) in [5.74, 6) is 0.588. The number of aryl methyl sites for hydroxylation is 1. The molecule has 0 bridgehead atoms. The summed E-state index contributed by atoms with van der Waals surface area (Å²) in [4.78, 5) is 33.1. The fraction of sp³-hybridized carbons (Fsp3) is 0.174. The zero-order chi connectivity index (χ0) is 22.6. The van der Waals surface area contributed by atoms with Crippen LogP contribution in [0.4, 0.5) is 5.13 Å². The zero-order valence-corrected chi connectivity index (χ0v) is 18.9. The summed E-state index contributed by atoms with van der Waals surface area (Å²) in [5, 5.41) is 3.04. The number of anilines is 1. The number of halogens is 1. The number of rotatable bonds is 4. The Morgan fingerprint density at radius 3 is 2.56 bits per heavy atom. The Morgan fingerprint density at radius 2 is 1.88 bits per heavy atom. The van der Waals surface area contributed by atoms with Gasteiger partial charge in [0.05, 0.1) is 36.9 Å². The van der Waals surface area contributed by atoms with E-state index in [2.05, 4.69) is 4.98 Å². The first-order valence-corrected chi connectivity index (χ1v) is 10.9. The fourth-order valence-electron chi connectivity index (χ4n) is 3.93. The summed E-state index contributed by atoms with van der Waals surface area (Å²) in [6.45, 7) is 1.85. The molecule has 9 heteroatoms. The van der Waals surface area contributed by atoms with Crippen LogP contribution in [0.2, 0.25) is 5.02 Å². The monoisotopic (exact) mass is 468 g/mol. The second kappa shape index (κ2) is 7.65. The first kappa shape index (κ1) is 20.5. The zero-order valence-electron chi connectivity index (χ0n) is 17.3. The molecule has 2 aromatic carbocycles. The van der Waals surface area contributed by atoms with Crippen molar-refractivity contribution in [2.45, 2.75) is 13.0 Å². The number of hydrogen-bond acceptors (Lipinski definition) is 7. The Bertz CT molecular complexity index is 1440. The second-order valence-corrected chi connectivity index (χ2v) is 8.55. The van der Waals surface area contributed by atoms with E-state index in [1.165, 1.54) is 23.3 Å². The molecule has 0 radical (unpaired) electrons. The number of methoxy groups -OCH3 is 2. The maximum absolute atomic E-state index is 13.6. The molecule has 4 aromatic rings. The van der Waals surface area contributed by atoms with Gasteiger partial charge in [-0.25, -0.2) is 4.98 Å². The topological polar surface area (TPSA) is 81.9 Å². The van der Waals surface area contributed by atoms with Crippen molar-refractivity contribution in [2.24, 2.45) is 0 Å². The second-order valence-electron chi connectivity index (χ2n) is 7.28. The Balaban J connectivity index is 1.81. The fourth-order valence-corrected chi connectivity index (χ4v) is 4.93. The smallest absolute Gasteiger partial charge is 0.297 e. The number of carbonyl (C=O) groups is 1. The standard InChI is InChI=1S/C23H17ClN2O5S/c1-11-10-32-23(25-11)26-19(12-4-6-16(29-2)17(8-12)30-3)18-20(27)14-9-13(24)5-7-15(14)31-21(18)22(26)28/h4-10,19H,1-3H3/t19-/m0/s1. The van der Waals surface area contributed by atoms with Crippen molar-refractivity contribution in [2.75, 3.05) is 19.1 Å². The summed E-state index contributed by atoms with van der Waals surface area (Å²) in [7, 11) is 3.07. The lowest BCUT2D eigenvalue weighted by atomic mass is 9.98. The molecule has 1 atom stereocenters. The number of carbonyl (C=O) groups excluding carboxylic acids is 1. The van der Waals surface area contributed by atoms with Crippen LogP contribution in [0, 0.1) is 6.92 Å². The van der Waals surface area contributed by atoms with Gasteiger partial charge in [0.25, 0.3) is 5.91 Å². The predicted molar refractivity (Wildman–Crippen MR) is 123 cm³/mol. The van der Waals surface area contributed by atoms with E-state index in [-0.39, 0.29) is 16.8 Å². The average molecular weight is 469 g/mol. The van der Waals surface area contributed by atoms with Gasteiger partial charge >= 0.3 is 0 Å². The molecule has 162 valence electrons. The summed E-state index contributed by atoms with van der Waals surface area (Å²) >= 11 is 7.45. The maximum Gasteiger partial charge on any atom is 0.297 e. The molecule has 1 amide bonds. The lowest BCUT2D eigenvalue weighted by Gasteiger charge is -2.23. The summed E-state index contributed by atoms with van der Waals surface area (Å²) in [6, 6.07) is 9.30. The normalized spacial score (nSPS) is 15.3. The van der Waals surface area contributed by atoms with Crippen molar-refractivity contribution in [1.82, 2.24) is 4.98 Å². The molecule has 5 rings (SSSR count). The number of aromatic nitrogens is 1. The average Bonchev–Trinajstić information content (AvgIpc) is 3.34. The number of benzene rings is 2. The van der Waals surface area contributed by atoms with Gasteiger partial charge < -0.3 is 13.9 Å². The molecule has 1 aliphatic rings. The summed E-state index contributed by atoms with van der Waals surface area (Å²) < 4.78 is 16.7. The Kier molecular flexibility index (Phi) is 4.91. The summed E-state index contributed by atoms with van der Waals surface area (Å²) in [5.41, 5.74) is 1.67. The van der Waals surface area contributed by atoms with Gasteiger partial charge in [-0.2, -0.15) is 0 Å². The molecular formula is C23H17ClN2O5S. The lowest BCUT2D eigenvalue weighted by Crippen LogP contribution is -2.29. The van der Waals surface area contributed by atoms with Crippen LogP contribution in [0.3, 0.4) is 0 Å². The SMILES string of the molecule is COc1ccc([C@H]2c3c(oc4ccc(Cl)cc4c3=O)C(=O)N2c2nc(C)cs2)cc1OC. The quantitative estimate of drug-likeness (QED) is 0.420. The Labute approximate surface area is 191 Å². The van der Waals surface area contributed by atoms with Crippen molar-refractivity contribution in [1.29, 1.82) is 0 Å². The Morgan fingerprint density at radius 1 is 1.09 bits per heavy atom. The van der Waals surface area contributed by atoms with Crippen LogP contribution in [0.15, 0.2) is 51.0 Å². The minimum absolute atomic E-state index is 0.00235. The van der Waals surface area contributed by atoms with E-state index in [1.807, 2.05) is 12.3 Å². The highest BCUT2D eigenvalue weighted by atomic mass is 35.5. The van der Waals surface area contributed by atoms with E-state index < -0.39 is 11.9 Å². The van der Waals surface area contributed by atoms with Gasteiger partial charge in [0.15, 0.2) is 22.1 Å².